The summed E-state index contributed by atoms with van der Waals surface area (Å²) in [4.78, 5) is 4.61. The van der Waals surface area contributed by atoms with E-state index in [9.17, 15) is 0 Å². The maximum Gasteiger partial charge on any atom is 0.191 e. The van der Waals surface area contributed by atoms with Crippen LogP contribution in [-0.2, 0) is 9.47 Å². The first-order chi connectivity index (χ1) is 10.9. The Morgan fingerprint density at radius 3 is 2.73 bits per heavy atom. The minimum absolute atomic E-state index is 0.310. The van der Waals surface area contributed by atoms with Gasteiger partial charge in [0.1, 0.15) is 0 Å². The Labute approximate surface area is 135 Å². The number of rotatable bonds is 8. The van der Waals surface area contributed by atoms with Crippen molar-refractivity contribution < 1.29 is 9.47 Å². The summed E-state index contributed by atoms with van der Waals surface area (Å²) in [7, 11) is 0. The van der Waals surface area contributed by atoms with Gasteiger partial charge in [0.05, 0.1) is 18.8 Å². The highest BCUT2D eigenvalue weighted by atomic mass is 16.5. The van der Waals surface area contributed by atoms with Crippen molar-refractivity contribution in [2.75, 3.05) is 32.8 Å². The van der Waals surface area contributed by atoms with Gasteiger partial charge in [-0.05, 0) is 39.0 Å². The molecule has 2 fully saturated rings. The van der Waals surface area contributed by atoms with Crippen molar-refractivity contribution in [3.8, 4) is 0 Å². The standard InChI is InChI=1S/C17H33N3O2/c1-2-18-17(20-14-16-10-6-12-22-16)19-11-7-13-21-15-8-4-3-5-9-15/h15-16H,2-14H2,1H3,(H2,18,19,20). The van der Waals surface area contributed by atoms with E-state index in [0.29, 0.717) is 12.2 Å². The number of hydrogen-bond acceptors (Lipinski definition) is 3. The molecular weight excluding hydrogens is 278 g/mol. The van der Waals surface area contributed by atoms with Crippen LogP contribution in [0.25, 0.3) is 0 Å². The monoisotopic (exact) mass is 311 g/mol. The molecule has 0 bridgehead atoms. The molecule has 0 aromatic heterocycles. The molecule has 0 aromatic rings. The minimum atomic E-state index is 0.310. The summed E-state index contributed by atoms with van der Waals surface area (Å²) in [6, 6.07) is 0. The highest BCUT2D eigenvalue weighted by molar-refractivity contribution is 5.79. The van der Waals surface area contributed by atoms with Crippen molar-refractivity contribution >= 4 is 5.96 Å². The van der Waals surface area contributed by atoms with E-state index in [4.69, 9.17) is 9.47 Å². The maximum atomic E-state index is 5.95. The van der Waals surface area contributed by atoms with Gasteiger partial charge in [0.2, 0.25) is 0 Å². The lowest BCUT2D eigenvalue weighted by molar-refractivity contribution is 0.0277. The number of guanidine groups is 1. The summed E-state index contributed by atoms with van der Waals surface area (Å²) in [5, 5.41) is 6.68. The molecule has 5 nitrogen and oxygen atoms in total. The van der Waals surface area contributed by atoms with Crippen LogP contribution in [0, 0.1) is 0 Å². The Morgan fingerprint density at radius 1 is 1.14 bits per heavy atom. The predicted octanol–water partition coefficient (Wildman–Crippen LogP) is 2.46. The molecule has 128 valence electrons. The second kappa shape index (κ2) is 10.8. The third kappa shape index (κ3) is 6.97. The van der Waals surface area contributed by atoms with E-state index in [0.717, 1.165) is 51.6 Å². The first kappa shape index (κ1) is 17.5. The molecule has 1 aliphatic heterocycles. The molecule has 0 spiro atoms. The van der Waals surface area contributed by atoms with Crippen molar-refractivity contribution in [2.45, 2.75) is 70.5 Å². The van der Waals surface area contributed by atoms with Gasteiger partial charge < -0.3 is 20.1 Å². The fourth-order valence-electron chi connectivity index (χ4n) is 3.08. The summed E-state index contributed by atoms with van der Waals surface area (Å²) < 4.78 is 11.6. The van der Waals surface area contributed by atoms with Crippen LogP contribution >= 0.6 is 0 Å². The Morgan fingerprint density at radius 2 is 2.00 bits per heavy atom. The zero-order valence-corrected chi connectivity index (χ0v) is 14.1. The smallest absolute Gasteiger partial charge is 0.191 e. The van der Waals surface area contributed by atoms with Gasteiger partial charge in [-0.1, -0.05) is 19.3 Å². The fourth-order valence-corrected chi connectivity index (χ4v) is 3.08. The van der Waals surface area contributed by atoms with Gasteiger partial charge in [-0.15, -0.1) is 0 Å². The lowest BCUT2D eigenvalue weighted by Crippen LogP contribution is -2.38. The Hall–Kier alpha value is -0.810. The van der Waals surface area contributed by atoms with Crippen molar-refractivity contribution in [3.63, 3.8) is 0 Å². The van der Waals surface area contributed by atoms with Crippen LogP contribution < -0.4 is 10.6 Å². The molecule has 2 rings (SSSR count). The molecule has 0 radical (unpaired) electrons. The summed E-state index contributed by atoms with van der Waals surface area (Å²) in [5.41, 5.74) is 0. The van der Waals surface area contributed by atoms with Crippen LogP contribution in [-0.4, -0.2) is 51.0 Å². The Bertz CT molecular complexity index is 311. The van der Waals surface area contributed by atoms with E-state index in [1.165, 1.54) is 38.5 Å². The van der Waals surface area contributed by atoms with Gasteiger partial charge >= 0.3 is 0 Å². The van der Waals surface area contributed by atoms with Crippen molar-refractivity contribution in [1.29, 1.82) is 0 Å². The maximum absolute atomic E-state index is 5.95. The largest absolute Gasteiger partial charge is 0.378 e. The first-order valence-corrected chi connectivity index (χ1v) is 9.14. The molecule has 0 amide bonds. The van der Waals surface area contributed by atoms with E-state index in [1.54, 1.807) is 0 Å². The van der Waals surface area contributed by atoms with Crippen LogP contribution in [0.4, 0.5) is 0 Å². The molecule has 2 N–H and O–H groups in total. The van der Waals surface area contributed by atoms with Gasteiger partial charge in [-0.2, -0.15) is 0 Å². The van der Waals surface area contributed by atoms with Gasteiger partial charge in [0.25, 0.3) is 0 Å². The van der Waals surface area contributed by atoms with Gasteiger partial charge in [0, 0.05) is 26.3 Å². The molecule has 5 heteroatoms. The molecule has 2 aliphatic rings. The van der Waals surface area contributed by atoms with Crippen LogP contribution in [0.2, 0.25) is 0 Å². The zero-order chi connectivity index (χ0) is 15.5. The molecule has 1 unspecified atom stereocenters. The minimum Gasteiger partial charge on any atom is -0.378 e. The summed E-state index contributed by atoms with van der Waals surface area (Å²) in [6.45, 7) is 6.38. The molecule has 0 aromatic carbocycles. The van der Waals surface area contributed by atoms with Crippen LogP contribution in [0.15, 0.2) is 4.99 Å². The molecule has 1 heterocycles. The van der Waals surface area contributed by atoms with Crippen molar-refractivity contribution in [2.24, 2.45) is 4.99 Å². The van der Waals surface area contributed by atoms with E-state index >= 15 is 0 Å². The van der Waals surface area contributed by atoms with Gasteiger partial charge in [-0.3, -0.25) is 4.99 Å². The van der Waals surface area contributed by atoms with E-state index in [2.05, 4.69) is 22.5 Å². The number of nitrogens with zero attached hydrogens (tertiary/aromatic N) is 1. The van der Waals surface area contributed by atoms with E-state index in [-0.39, 0.29) is 0 Å². The third-order valence-electron chi connectivity index (χ3n) is 4.34. The topological polar surface area (TPSA) is 54.9 Å². The predicted molar refractivity (Wildman–Crippen MR) is 90.4 cm³/mol. The summed E-state index contributed by atoms with van der Waals surface area (Å²) in [6.07, 6.45) is 10.7. The lowest BCUT2D eigenvalue weighted by Gasteiger charge is -2.22. The van der Waals surface area contributed by atoms with Crippen LogP contribution in [0.1, 0.15) is 58.3 Å². The van der Waals surface area contributed by atoms with Gasteiger partial charge in [0.15, 0.2) is 5.96 Å². The second-order valence-electron chi connectivity index (χ2n) is 6.27. The van der Waals surface area contributed by atoms with Crippen molar-refractivity contribution in [1.82, 2.24) is 10.6 Å². The number of aliphatic imine (C=N–C) groups is 1. The van der Waals surface area contributed by atoms with Crippen LogP contribution in [0.5, 0.6) is 0 Å². The average Bonchev–Trinajstić information content (AvgIpc) is 3.06. The average molecular weight is 311 g/mol. The quantitative estimate of drug-likeness (QED) is 0.411. The number of hydrogen-bond donors (Lipinski definition) is 2. The van der Waals surface area contributed by atoms with Gasteiger partial charge in [-0.25, -0.2) is 0 Å². The molecule has 1 aliphatic carbocycles. The summed E-state index contributed by atoms with van der Waals surface area (Å²) >= 11 is 0. The highest BCUT2D eigenvalue weighted by Crippen LogP contribution is 2.20. The SMILES string of the molecule is CCNC(=NCC1CCCO1)NCCCOC1CCCCC1. The summed E-state index contributed by atoms with van der Waals surface area (Å²) in [5.74, 6) is 0.899. The molecule has 1 saturated heterocycles. The Balaban J connectivity index is 1.55. The zero-order valence-electron chi connectivity index (χ0n) is 14.1. The van der Waals surface area contributed by atoms with Crippen LogP contribution in [0.3, 0.4) is 0 Å². The third-order valence-corrected chi connectivity index (χ3v) is 4.34. The molecule has 22 heavy (non-hydrogen) atoms. The lowest BCUT2D eigenvalue weighted by atomic mass is 9.98. The number of nitrogens with one attached hydrogen (secondary N) is 2. The second-order valence-corrected chi connectivity index (χ2v) is 6.27. The van der Waals surface area contributed by atoms with E-state index < -0.39 is 0 Å². The highest BCUT2D eigenvalue weighted by Gasteiger charge is 2.15. The molecule has 1 atom stereocenters. The normalized spacial score (nSPS) is 23.7. The number of ether oxygens (including phenoxy) is 2. The fraction of sp³-hybridized carbons (Fsp3) is 0.941. The molecule has 1 saturated carbocycles. The Kier molecular flexibility index (Phi) is 8.64. The van der Waals surface area contributed by atoms with Crippen molar-refractivity contribution in [3.05, 3.63) is 0 Å². The van der Waals surface area contributed by atoms with E-state index in [1.807, 2.05) is 0 Å². The molecular formula is C17H33N3O2. The first-order valence-electron chi connectivity index (χ1n) is 9.14.